The van der Waals surface area contributed by atoms with E-state index in [2.05, 4.69) is 0 Å². The van der Waals surface area contributed by atoms with Crippen LogP contribution in [0.4, 0.5) is 0 Å². The van der Waals surface area contributed by atoms with E-state index in [4.69, 9.17) is 111 Å². The van der Waals surface area contributed by atoms with Gasteiger partial charge in [-0.05, 0) is 6.92 Å². The lowest BCUT2D eigenvalue weighted by molar-refractivity contribution is -0.402. The van der Waals surface area contributed by atoms with Crippen molar-refractivity contribution in [2.75, 3.05) is 72.7 Å². The SMILES string of the molecule is CC1C(O)[C@H](O[C@@H]2OC(CO[C@]3(C(=O)O)C[C@@H](O)[C@@H](N)C([C@H](O)[C@H](O)CO)O3)[C@H](O)C(O)[C@@H]2O)[C@H](CO)O[C@H]1O[C@@H]1C(O)[C@H](O)C(CO)O[C@@H]1OCC1O[C@@H](O[C@@H]2C(CO)O[C@@H](O[C@@H]3C(CO)O[C@@H](C)C(C)[C@H]3O)C(C)[C@H]2O)[C@H](O)C(O[C@H]2O[C@H](CO)[C@@H](O)C(O)C2O[C@@H]2OC(CO)[C@@H](O[C@@H]3OC(CO[C@]4(C(=O)O)C[C@@H](O)[C@@H](N)C([C@H](O)[C@H](O)CO)O4)[C@H](O)C(O)[C@@H]3O)[C@H](O)C2C)[C@@H]1O. The van der Waals surface area contributed by atoms with Gasteiger partial charge in [0.05, 0.1) is 127 Å². The summed E-state index contributed by atoms with van der Waals surface area (Å²) in [6, 6.07) is -3.17. The first-order valence-electron chi connectivity index (χ1n) is 43.7. The van der Waals surface area contributed by atoms with Crippen LogP contribution in [0.15, 0.2) is 0 Å². The molecule has 11 aliphatic heterocycles. The third-order valence-corrected chi connectivity index (χ3v) is 26.8. The van der Waals surface area contributed by atoms with Crippen molar-refractivity contribution in [3.63, 3.8) is 0 Å². The van der Waals surface area contributed by atoms with Gasteiger partial charge in [-0.25, -0.2) is 9.59 Å². The molecule has 57 heteroatoms. The summed E-state index contributed by atoms with van der Waals surface area (Å²) in [4.78, 5) is 25.7. The van der Waals surface area contributed by atoms with Crippen LogP contribution in [-0.2, 0) is 109 Å². The van der Waals surface area contributed by atoms with E-state index >= 15 is 0 Å². The molecule has 0 aromatic carbocycles. The number of aliphatic carboxylic acids is 2. The van der Waals surface area contributed by atoms with Gasteiger partial charge in [-0.15, -0.1) is 0 Å². The zero-order valence-electron chi connectivity index (χ0n) is 72.8. The molecule has 0 aromatic rings. The van der Waals surface area contributed by atoms with Crippen molar-refractivity contribution < 1.29 is 272 Å². The maximum Gasteiger partial charge on any atom is 0.364 e. The van der Waals surface area contributed by atoms with Crippen LogP contribution in [0.3, 0.4) is 0 Å². The molecular weight excluding hydrogens is 1830 g/mol. The standard InChI is InChI=1S/C77H132N2O55/c1-19-23(5)117-30(12-84)57(39(19)92)126-66-20(2)40(93)60(33(15-87)120-66)129-71-56(109)63(130-73-65(53(106)46(99)29(11-83)119-73)132-68-22(4)42(95)59(32(14-86)122-68)128-70-55(108)51(104)48(101)36(125-70)18-116-77(75(112)113)7-25(89)38(79)62(134-77)44(97)27(91)9-81)49(102)34(123-71)16-114-72-64(52(105)45(98)28(10-82)118-72)131-67-21(3)41(94)58(31(13-85)121-67)127-69-54(107)50(103)47(100)35(124-69)17-115-76(74(110)111)6-24(88)37(78)61(133-76)43(96)26(90)8-80/h19-73,80-109H,6-18,78-79H2,1-5H3,(H,110,111)(H,112,113)/t19?,20?,21?,22?,23-,24+,25+,26+,27+,28?,29+,30?,31-,32?,33?,34?,35?,36?,37+,38+,39+,40+,41?,42+,43+,44+,45+,46+,47-,48-,49+,50?,51?,52?,53?,54-,55-,56+,57+,58+,59+,60+,61?,62?,63?,64+,65?,66-,67-,68-,69-,70-,71-,72-,73+,76+,77+/m0/s1. The second-order valence-corrected chi connectivity index (χ2v) is 35.7. The van der Waals surface area contributed by atoms with Gasteiger partial charge in [0.2, 0.25) is 0 Å². The van der Waals surface area contributed by atoms with E-state index in [0.29, 0.717) is 0 Å². The Hall–Kier alpha value is -3.18. The van der Waals surface area contributed by atoms with E-state index in [0.717, 1.165) is 0 Å². The van der Waals surface area contributed by atoms with Crippen molar-refractivity contribution >= 4 is 11.9 Å². The number of aliphatic hydroxyl groups is 30. The number of hydrogen-bond donors (Lipinski definition) is 34. The molecule has 20 unspecified atom stereocenters. The zero-order chi connectivity index (χ0) is 99.0. The highest BCUT2D eigenvalue weighted by atomic mass is 16.8. The molecule has 11 aliphatic rings. The molecule has 11 heterocycles. The van der Waals surface area contributed by atoms with Crippen LogP contribution >= 0.6 is 0 Å². The summed E-state index contributed by atoms with van der Waals surface area (Å²) < 4.78 is 125. The van der Waals surface area contributed by atoms with Crippen LogP contribution in [-0.4, -0.2) is 572 Å². The second-order valence-electron chi connectivity index (χ2n) is 35.7. The minimum absolute atomic E-state index is 0.584. The van der Waals surface area contributed by atoms with Crippen molar-refractivity contribution in [1.82, 2.24) is 0 Å². The van der Waals surface area contributed by atoms with Gasteiger partial charge in [-0.1, -0.05) is 27.7 Å². The Balaban J connectivity index is 0.829. The van der Waals surface area contributed by atoms with Gasteiger partial charge >= 0.3 is 11.9 Å². The minimum Gasteiger partial charge on any atom is -0.477 e. The average molecular weight is 1970 g/mol. The number of nitrogens with two attached hydrogens (primary N) is 2. The van der Waals surface area contributed by atoms with Crippen LogP contribution < -0.4 is 11.5 Å². The summed E-state index contributed by atoms with van der Waals surface area (Å²) in [5, 5.41) is 354. The molecule has 36 N–H and O–H groups in total. The summed E-state index contributed by atoms with van der Waals surface area (Å²) in [5.74, 6) is -14.7. The molecule has 134 heavy (non-hydrogen) atoms. The fourth-order valence-electron chi connectivity index (χ4n) is 18.0. The van der Waals surface area contributed by atoms with Crippen LogP contribution in [0.2, 0.25) is 0 Å². The van der Waals surface area contributed by atoms with E-state index in [-0.39, 0.29) is 0 Å². The molecule has 0 amide bonds. The van der Waals surface area contributed by atoms with Gasteiger partial charge in [0, 0.05) is 36.5 Å². The Morgan fingerprint density at radius 3 is 0.940 bits per heavy atom. The largest absolute Gasteiger partial charge is 0.477 e. The van der Waals surface area contributed by atoms with Crippen LogP contribution in [0.25, 0.3) is 0 Å². The average Bonchev–Trinajstić information content (AvgIpc) is 0.770. The maximum atomic E-state index is 12.8. The van der Waals surface area contributed by atoms with Crippen molar-refractivity contribution in [3.8, 4) is 0 Å². The van der Waals surface area contributed by atoms with Crippen LogP contribution in [0.1, 0.15) is 47.5 Å². The smallest absolute Gasteiger partial charge is 0.364 e. The highest BCUT2D eigenvalue weighted by molar-refractivity contribution is 5.76. The Bertz CT molecular complexity index is 3610. The third-order valence-electron chi connectivity index (χ3n) is 26.8. The van der Waals surface area contributed by atoms with Gasteiger partial charge in [0.15, 0.2) is 50.3 Å². The molecular formula is C77H132N2O55. The van der Waals surface area contributed by atoms with E-state index in [9.17, 15) is 173 Å². The maximum absolute atomic E-state index is 12.8. The lowest BCUT2D eigenvalue weighted by Crippen LogP contribution is -2.68. The quantitative estimate of drug-likeness (QED) is 0.0275. The fourth-order valence-corrected chi connectivity index (χ4v) is 18.0. The molecule has 11 fully saturated rings. The molecule has 0 radical (unpaired) electrons. The molecule has 57 nitrogen and oxygen atoms in total. The summed E-state index contributed by atoms with van der Waals surface area (Å²) in [5.41, 5.74) is 11.9. The van der Waals surface area contributed by atoms with Crippen molar-refractivity contribution in [2.45, 2.75) is 372 Å². The lowest BCUT2D eigenvalue weighted by Gasteiger charge is -2.51. The number of ether oxygens (including phenoxy) is 21. The number of hydrogen-bond acceptors (Lipinski definition) is 55. The Kier molecular flexibility index (Phi) is 39.1. The molecule has 0 bridgehead atoms. The number of aliphatic hydroxyl groups excluding tert-OH is 30. The zero-order valence-corrected chi connectivity index (χ0v) is 72.8. The molecule has 0 aromatic heterocycles. The molecule has 780 valence electrons. The molecule has 0 aliphatic carbocycles. The first kappa shape index (κ1) is 111. The van der Waals surface area contributed by atoms with Crippen molar-refractivity contribution in [2.24, 2.45) is 35.1 Å². The van der Waals surface area contributed by atoms with E-state index in [1.807, 2.05) is 0 Å². The number of rotatable bonds is 37. The Labute approximate surface area is 761 Å². The number of carboxylic acid groups (broad SMARTS) is 2. The van der Waals surface area contributed by atoms with Gasteiger partial charge in [0.1, 0.15) is 208 Å². The van der Waals surface area contributed by atoms with Crippen LogP contribution in [0.5, 0.6) is 0 Å². The predicted molar refractivity (Wildman–Crippen MR) is 417 cm³/mol. The molecule has 11 rings (SSSR count). The molecule has 0 saturated carbocycles. The Morgan fingerprint density at radius 2 is 0.590 bits per heavy atom. The first-order chi connectivity index (χ1) is 63.2. The minimum atomic E-state index is -2.97. The molecule has 0 spiro atoms. The molecule has 57 atom stereocenters. The van der Waals surface area contributed by atoms with Gasteiger partial charge in [-0.2, -0.15) is 0 Å². The van der Waals surface area contributed by atoms with Gasteiger partial charge in [-0.3, -0.25) is 0 Å². The summed E-state index contributed by atoms with van der Waals surface area (Å²) in [7, 11) is 0. The molecule has 11 saturated heterocycles. The van der Waals surface area contributed by atoms with Crippen molar-refractivity contribution in [3.05, 3.63) is 0 Å². The summed E-state index contributed by atoms with van der Waals surface area (Å²) >= 11 is 0. The van der Waals surface area contributed by atoms with Gasteiger partial charge in [0.25, 0.3) is 11.6 Å². The predicted octanol–water partition coefficient (Wildman–Crippen LogP) is -20.5. The summed E-state index contributed by atoms with van der Waals surface area (Å²) in [6.07, 6.45) is -98.7. The lowest BCUT2D eigenvalue weighted by atomic mass is 9.88. The van der Waals surface area contributed by atoms with Crippen molar-refractivity contribution in [1.29, 1.82) is 0 Å². The van der Waals surface area contributed by atoms with E-state index in [1.54, 1.807) is 13.8 Å². The third kappa shape index (κ3) is 23.1. The number of carbonyl (C=O) groups is 2. The van der Waals surface area contributed by atoms with E-state index < -0.39 is 445 Å². The number of carboxylic acids is 2. The van der Waals surface area contributed by atoms with E-state index in [1.165, 1.54) is 20.8 Å². The highest BCUT2D eigenvalue weighted by Gasteiger charge is 2.63. The first-order valence-corrected chi connectivity index (χ1v) is 43.7. The summed E-state index contributed by atoms with van der Waals surface area (Å²) in [6.45, 7) is -4.65. The topological polar surface area (TPSA) is 927 Å². The monoisotopic (exact) mass is 1960 g/mol. The normalized spacial score (nSPS) is 50.9. The van der Waals surface area contributed by atoms with Crippen LogP contribution in [0, 0.1) is 23.7 Å². The highest BCUT2D eigenvalue weighted by Crippen LogP contribution is 2.44. The second kappa shape index (κ2) is 47.1. The fraction of sp³-hybridized carbons (Fsp3) is 0.974. The van der Waals surface area contributed by atoms with Gasteiger partial charge < -0.3 is 274 Å². The Morgan fingerprint density at radius 1 is 0.306 bits per heavy atom.